The summed E-state index contributed by atoms with van der Waals surface area (Å²) in [6, 6.07) is 13.3. The second-order valence-electron chi connectivity index (χ2n) is 6.62. The minimum atomic E-state index is -3.76. The van der Waals surface area contributed by atoms with Crippen LogP contribution in [0.25, 0.3) is 6.08 Å². The lowest BCUT2D eigenvalue weighted by Gasteiger charge is -2.11. The highest BCUT2D eigenvalue weighted by Gasteiger charge is 2.17. The van der Waals surface area contributed by atoms with Crippen LogP contribution in [-0.2, 0) is 14.8 Å². The number of hydrogen-bond acceptors (Lipinski definition) is 4. The van der Waals surface area contributed by atoms with Crippen LogP contribution in [0.2, 0.25) is 5.02 Å². The van der Waals surface area contributed by atoms with E-state index in [2.05, 4.69) is 15.0 Å². The molecule has 0 spiro atoms. The van der Waals surface area contributed by atoms with E-state index in [1.807, 2.05) is 6.07 Å². The van der Waals surface area contributed by atoms with E-state index in [9.17, 15) is 13.2 Å². The van der Waals surface area contributed by atoms with E-state index in [0.29, 0.717) is 35.1 Å². The minimum Gasteiger partial charge on any atom is -0.322 e. The number of sulfonamides is 1. The van der Waals surface area contributed by atoms with Crippen molar-refractivity contribution in [1.82, 2.24) is 4.72 Å². The first-order valence-electron chi connectivity index (χ1n) is 9.34. The van der Waals surface area contributed by atoms with Crippen LogP contribution in [0, 0.1) is 0 Å². The van der Waals surface area contributed by atoms with Gasteiger partial charge in [-0.05, 0) is 48.7 Å². The molecule has 2 aromatic carbocycles. The summed E-state index contributed by atoms with van der Waals surface area (Å²) in [5.41, 5.74) is 1.10. The largest absolute Gasteiger partial charge is 0.322 e. The maximum absolute atomic E-state index is 12.7. The molecule has 1 amide bonds. The van der Waals surface area contributed by atoms with Crippen molar-refractivity contribution in [2.75, 3.05) is 11.9 Å². The second-order valence-corrected chi connectivity index (χ2v) is 8.71. The molecule has 1 aliphatic heterocycles. The summed E-state index contributed by atoms with van der Waals surface area (Å²) in [7, 11) is -3.76. The normalized spacial score (nSPS) is 14.9. The minimum absolute atomic E-state index is 0.0670. The Bertz CT molecular complexity index is 1050. The van der Waals surface area contributed by atoms with Crippen LogP contribution >= 0.6 is 11.6 Å². The van der Waals surface area contributed by atoms with Crippen LogP contribution in [0.15, 0.2) is 64.5 Å². The number of hydrogen-bond donors (Lipinski definition) is 2. The summed E-state index contributed by atoms with van der Waals surface area (Å²) in [5, 5.41) is 3.21. The monoisotopic (exact) mass is 431 g/mol. The maximum Gasteiger partial charge on any atom is 0.262 e. The van der Waals surface area contributed by atoms with Crippen LogP contribution in [0.1, 0.15) is 31.2 Å². The number of rotatable bonds is 5. The number of aliphatic imine (C=N–C) groups is 1. The Hall–Kier alpha value is -2.64. The molecule has 0 bridgehead atoms. The van der Waals surface area contributed by atoms with E-state index in [4.69, 9.17) is 11.6 Å². The topological polar surface area (TPSA) is 87.6 Å². The molecule has 0 aliphatic carbocycles. The Morgan fingerprint density at radius 3 is 2.72 bits per heavy atom. The van der Waals surface area contributed by atoms with Crippen molar-refractivity contribution in [3.63, 3.8) is 0 Å². The highest BCUT2D eigenvalue weighted by atomic mass is 35.5. The number of nitrogens with one attached hydrogen (secondary N) is 2. The predicted molar refractivity (Wildman–Crippen MR) is 117 cm³/mol. The third kappa shape index (κ3) is 6.17. The lowest BCUT2D eigenvalue weighted by atomic mass is 10.2. The number of anilines is 1. The Morgan fingerprint density at radius 2 is 1.90 bits per heavy atom. The average Bonchev–Trinajstić information content (AvgIpc) is 2.96. The SMILES string of the molecule is O=C(/C=C/c1ccccc1Cl)Nc1cccc(S(=O)(=O)NC2=NCCCCC2)c1. The Kier molecular flexibility index (Phi) is 7.06. The molecule has 0 atom stereocenters. The van der Waals surface area contributed by atoms with Crippen LogP contribution < -0.4 is 10.0 Å². The van der Waals surface area contributed by atoms with E-state index in [-0.39, 0.29) is 10.8 Å². The van der Waals surface area contributed by atoms with Gasteiger partial charge >= 0.3 is 0 Å². The lowest BCUT2D eigenvalue weighted by Crippen LogP contribution is -2.30. The number of amides is 1. The molecular formula is C21H22ClN3O3S. The molecule has 2 N–H and O–H groups in total. The summed E-state index contributed by atoms with van der Waals surface area (Å²) in [6.45, 7) is 0.631. The quantitative estimate of drug-likeness (QED) is 0.694. The van der Waals surface area contributed by atoms with Gasteiger partial charge < -0.3 is 5.32 Å². The molecule has 1 aliphatic rings. The molecular weight excluding hydrogens is 410 g/mol. The number of amidine groups is 1. The van der Waals surface area contributed by atoms with Crippen molar-refractivity contribution in [1.29, 1.82) is 0 Å². The van der Waals surface area contributed by atoms with E-state index >= 15 is 0 Å². The van der Waals surface area contributed by atoms with Gasteiger partial charge in [0.2, 0.25) is 5.91 Å². The molecule has 152 valence electrons. The third-order valence-corrected chi connectivity index (χ3v) is 6.08. The van der Waals surface area contributed by atoms with Gasteiger partial charge in [-0.25, -0.2) is 8.42 Å². The fourth-order valence-corrected chi connectivity index (χ4v) is 4.21. The summed E-state index contributed by atoms with van der Waals surface area (Å²) in [5.74, 6) is 0.0974. The zero-order valence-corrected chi connectivity index (χ0v) is 17.3. The van der Waals surface area contributed by atoms with Gasteiger partial charge in [-0.15, -0.1) is 0 Å². The number of halogens is 1. The number of nitrogens with zero attached hydrogens (tertiary/aromatic N) is 1. The molecule has 0 saturated carbocycles. The molecule has 8 heteroatoms. The smallest absolute Gasteiger partial charge is 0.262 e. The van der Waals surface area contributed by atoms with Gasteiger partial charge in [0.1, 0.15) is 5.84 Å². The van der Waals surface area contributed by atoms with Gasteiger partial charge in [-0.1, -0.05) is 42.3 Å². The highest BCUT2D eigenvalue weighted by molar-refractivity contribution is 7.90. The maximum atomic E-state index is 12.7. The molecule has 29 heavy (non-hydrogen) atoms. The Balaban J connectivity index is 1.69. The van der Waals surface area contributed by atoms with E-state index < -0.39 is 10.0 Å². The predicted octanol–water partition coefficient (Wildman–Crippen LogP) is 4.24. The van der Waals surface area contributed by atoms with Crippen molar-refractivity contribution in [3.8, 4) is 0 Å². The summed E-state index contributed by atoms with van der Waals surface area (Å²) < 4.78 is 27.9. The highest BCUT2D eigenvalue weighted by Crippen LogP contribution is 2.18. The van der Waals surface area contributed by atoms with Crippen LogP contribution in [-0.4, -0.2) is 26.7 Å². The summed E-state index contributed by atoms with van der Waals surface area (Å²) in [6.07, 6.45) is 6.48. The molecule has 3 rings (SSSR count). The van der Waals surface area contributed by atoms with Crippen molar-refractivity contribution in [2.24, 2.45) is 4.99 Å². The number of carbonyl (C=O) groups is 1. The second kappa shape index (κ2) is 9.71. The number of carbonyl (C=O) groups excluding carboxylic acids is 1. The number of benzene rings is 2. The molecule has 1 heterocycles. The van der Waals surface area contributed by atoms with E-state index in [1.54, 1.807) is 36.4 Å². The van der Waals surface area contributed by atoms with Crippen LogP contribution in [0.3, 0.4) is 0 Å². The molecule has 0 radical (unpaired) electrons. The molecule has 2 aromatic rings. The fraction of sp³-hybridized carbons (Fsp3) is 0.238. The van der Waals surface area contributed by atoms with Crippen LogP contribution in [0.5, 0.6) is 0 Å². The van der Waals surface area contributed by atoms with Crippen molar-refractivity contribution >= 4 is 45.1 Å². The van der Waals surface area contributed by atoms with Gasteiger partial charge in [-0.2, -0.15) is 0 Å². The lowest BCUT2D eigenvalue weighted by molar-refractivity contribution is -0.111. The molecule has 0 saturated heterocycles. The van der Waals surface area contributed by atoms with Gasteiger partial charge in [0.25, 0.3) is 10.0 Å². The first-order chi connectivity index (χ1) is 13.9. The molecule has 0 unspecified atom stereocenters. The fourth-order valence-electron chi connectivity index (χ4n) is 2.87. The van der Waals surface area contributed by atoms with Crippen molar-refractivity contribution in [3.05, 3.63) is 65.2 Å². The van der Waals surface area contributed by atoms with E-state index in [0.717, 1.165) is 19.3 Å². The molecule has 0 aromatic heterocycles. The average molecular weight is 432 g/mol. The van der Waals surface area contributed by atoms with Crippen molar-refractivity contribution < 1.29 is 13.2 Å². The first kappa shape index (κ1) is 21.1. The third-order valence-electron chi connectivity index (χ3n) is 4.36. The Morgan fingerprint density at radius 1 is 1.07 bits per heavy atom. The summed E-state index contributed by atoms with van der Waals surface area (Å²) in [4.78, 5) is 16.6. The zero-order valence-electron chi connectivity index (χ0n) is 15.8. The van der Waals surface area contributed by atoms with Gasteiger partial charge in [0.05, 0.1) is 4.90 Å². The van der Waals surface area contributed by atoms with Gasteiger partial charge in [0, 0.05) is 29.8 Å². The first-order valence-corrected chi connectivity index (χ1v) is 11.2. The van der Waals surface area contributed by atoms with Gasteiger partial charge in [0.15, 0.2) is 0 Å². The van der Waals surface area contributed by atoms with E-state index in [1.165, 1.54) is 18.2 Å². The standard InChI is InChI=1S/C21H22ClN3O3S/c22-19-10-4-3-7-16(19)12-13-21(26)24-17-8-6-9-18(15-17)29(27,28)25-20-11-2-1-5-14-23-20/h3-4,6-10,12-13,15H,1-2,5,11,14H2,(H,23,25)(H,24,26)/b13-12+. The summed E-state index contributed by atoms with van der Waals surface area (Å²) >= 11 is 6.06. The van der Waals surface area contributed by atoms with Gasteiger partial charge in [-0.3, -0.25) is 14.5 Å². The molecule has 0 fully saturated rings. The zero-order chi connectivity index (χ0) is 20.7. The Labute approximate surface area is 175 Å². The van der Waals surface area contributed by atoms with Crippen molar-refractivity contribution in [2.45, 2.75) is 30.6 Å². The molecule has 6 nitrogen and oxygen atoms in total. The van der Waals surface area contributed by atoms with Crippen LogP contribution in [0.4, 0.5) is 5.69 Å².